The summed E-state index contributed by atoms with van der Waals surface area (Å²) in [6.45, 7) is 2.05. The van der Waals surface area contributed by atoms with Gasteiger partial charge in [-0.25, -0.2) is 0 Å². The Kier molecular flexibility index (Phi) is 3.83. The molecular weight excluding hydrogens is 250 g/mol. The Morgan fingerprint density at radius 2 is 1.90 bits per heavy atom. The summed E-state index contributed by atoms with van der Waals surface area (Å²) in [7, 11) is 0. The molecule has 1 aliphatic rings. The van der Waals surface area contributed by atoms with E-state index >= 15 is 0 Å². The van der Waals surface area contributed by atoms with Crippen LogP contribution < -0.4 is 5.73 Å². The maximum Gasteiger partial charge on any atom is 0.231 e. The first kappa shape index (κ1) is 13.3. The van der Waals surface area contributed by atoms with Crippen molar-refractivity contribution in [2.24, 2.45) is 5.73 Å². The largest absolute Gasteiger partial charge is 0.339 e. The van der Waals surface area contributed by atoms with E-state index in [1.807, 2.05) is 37.3 Å². The van der Waals surface area contributed by atoms with Crippen molar-refractivity contribution < 1.29 is 4.52 Å². The van der Waals surface area contributed by atoms with Gasteiger partial charge in [0.1, 0.15) is 0 Å². The zero-order valence-corrected chi connectivity index (χ0v) is 11.8. The lowest BCUT2D eigenvalue weighted by atomic mass is 9.95. The Balaban J connectivity index is 1.75. The minimum atomic E-state index is -0.118. The van der Waals surface area contributed by atoms with E-state index in [4.69, 9.17) is 10.3 Å². The third kappa shape index (κ3) is 2.61. The smallest absolute Gasteiger partial charge is 0.231 e. The summed E-state index contributed by atoms with van der Waals surface area (Å²) in [6, 6.07) is 9.95. The zero-order valence-electron chi connectivity index (χ0n) is 11.8. The number of aromatic nitrogens is 2. The predicted molar refractivity (Wildman–Crippen MR) is 77.3 cm³/mol. The van der Waals surface area contributed by atoms with E-state index in [0.717, 1.165) is 11.4 Å². The summed E-state index contributed by atoms with van der Waals surface area (Å²) in [5.41, 5.74) is 7.40. The molecule has 0 amide bonds. The van der Waals surface area contributed by atoms with Crippen molar-refractivity contribution in [3.05, 3.63) is 47.6 Å². The molecule has 0 bridgehead atoms. The minimum Gasteiger partial charge on any atom is -0.339 e. The molecule has 2 atom stereocenters. The van der Waals surface area contributed by atoms with E-state index in [1.54, 1.807) is 0 Å². The predicted octanol–water partition coefficient (Wildman–Crippen LogP) is 3.53. The van der Waals surface area contributed by atoms with Crippen LogP contribution in [0.5, 0.6) is 0 Å². The first-order valence-electron chi connectivity index (χ1n) is 7.39. The molecule has 0 saturated heterocycles. The lowest BCUT2D eigenvalue weighted by Crippen LogP contribution is -2.18. The summed E-state index contributed by atoms with van der Waals surface area (Å²) in [4.78, 5) is 4.58. The molecule has 2 N–H and O–H groups in total. The molecule has 3 rings (SSSR count). The van der Waals surface area contributed by atoms with Gasteiger partial charge >= 0.3 is 0 Å². The zero-order chi connectivity index (χ0) is 13.9. The molecule has 0 aliphatic heterocycles. The van der Waals surface area contributed by atoms with Crippen LogP contribution in [0.4, 0.5) is 0 Å². The standard InChI is InChI=1S/C16H21N3O/c1-11(14(17)12-7-3-2-4-8-12)16-18-15(19-20-16)13-9-5-6-10-13/h2-4,7-8,11,13-14H,5-6,9-10,17H2,1H3. The van der Waals surface area contributed by atoms with Gasteiger partial charge in [0, 0.05) is 12.0 Å². The number of hydrogen-bond acceptors (Lipinski definition) is 4. The Morgan fingerprint density at radius 3 is 2.60 bits per heavy atom. The van der Waals surface area contributed by atoms with Crippen molar-refractivity contribution in [1.29, 1.82) is 0 Å². The van der Waals surface area contributed by atoms with Gasteiger partial charge in [0.25, 0.3) is 0 Å². The quantitative estimate of drug-likeness (QED) is 0.923. The molecule has 20 heavy (non-hydrogen) atoms. The third-order valence-electron chi connectivity index (χ3n) is 4.29. The van der Waals surface area contributed by atoms with Gasteiger partial charge in [-0.1, -0.05) is 55.3 Å². The molecule has 2 aromatic rings. The summed E-state index contributed by atoms with van der Waals surface area (Å²) in [6.07, 6.45) is 4.90. The average molecular weight is 271 g/mol. The van der Waals surface area contributed by atoms with Crippen LogP contribution in [-0.2, 0) is 0 Å². The van der Waals surface area contributed by atoms with Crippen molar-refractivity contribution in [3.8, 4) is 0 Å². The molecule has 1 aromatic heterocycles. The van der Waals surface area contributed by atoms with Crippen LogP contribution in [-0.4, -0.2) is 10.1 Å². The van der Waals surface area contributed by atoms with Crippen LogP contribution in [0.1, 0.15) is 67.8 Å². The molecule has 1 fully saturated rings. The SMILES string of the molecule is CC(c1nc(C2CCCC2)no1)C(N)c1ccccc1. The molecule has 1 aliphatic carbocycles. The normalized spacial score (nSPS) is 19.1. The van der Waals surface area contributed by atoms with Crippen molar-refractivity contribution in [2.45, 2.75) is 50.5 Å². The highest BCUT2D eigenvalue weighted by Crippen LogP contribution is 2.34. The molecule has 0 radical (unpaired) electrons. The highest BCUT2D eigenvalue weighted by molar-refractivity contribution is 5.21. The van der Waals surface area contributed by atoms with Crippen LogP contribution >= 0.6 is 0 Å². The maximum absolute atomic E-state index is 6.31. The molecular formula is C16H21N3O. The summed E-state index contributed by atoms with van der Waals surface area (Å²) in [5.74, 6) is 2.03. The number of nitrogens with two attached hydrogens (primary N) is 1. The van der Waals surface area contributed by atoms with Gasteiger partial charge in [0.05, 0.1) is 5.92 Å². The number of hydrogen-bond donors (Lipinski definition) is 1. The van der Waals surface area contributed by atoms with Crippen molar-refractivity contribution in [3.63, 3.8) is 0 Å². The van der Waals surface area contributed by atoms with E-state index in [2.05, 4.69) is 10.1 Å². The van der Waals surface area contributed by atoms with Crippen LogP contribution in [0, 0.1) is 0 Å². The molecule has 0 spiro atoms. The minimum absolute atomic E-state index is 0.0278. The van der Waals surface area contributed by atoms with E-state index < -0.39 is 0 Å². The number of nitrogens with zero attached hydrogens (tertiary/aromatic N) is 2. The molecule has 2 unspecified atom stereocenters. The summed E-state index contributed by atoms with van der Waals surface area (Å²) < 4.78 is 5.44. The van der Waals surface area contributed by atoms with Gasteiger partial charge < -0.3 is 10.3 Å². The maximum atomic E-state index is 6.31. The van der Waals surface area contributed by atoms with E-state index in [-0.39, 0.29) is 12.0 Å². The van der Waals surface area contributed by atoms with Crippen LogP contribution in [0.2, 0.25) is 0 Å². The van der Waals surface area contributed by atoms with Crippen molar-refractivity contribution in [2.75, 3.05) is 0 Å². The Bertz CT molecular complexity index is 546. The van der Waals surface area contributed by atoms with Gasteiger partial charge in [0.2, 0.25) is 5.89 Å². The Hall–Kier alpha value is -1.68. The molecule has 1 heterocycles. The van der Waals surface area contributed by atoms with Gasteiger partial charge in [-0.3, -0.25) is 0 Å². The first-order chi connectivity index (χ1) is 9.75. The Labute approximate surface area is 119 Å². The number of benzene rings is 1. The molecule has 1 aromatic carbocycles. The summed E-state index contributed by atoms with van der Waals surface area (Å²) in [5, 5.41) is 4.15. The fourth-order valence-electron chi connectivity index (χ4n) is 2.90. The second kappa shape index (κ2) is 5.75. The van der Waals surface area contributed by atoms with Gasteiger partial charge in [-0.15, -0.1) is 0 Å². The third-order valence-corrected chi connectivity index (χ3v) is 4.29. The first-order valence-corrected chi connectivity index (χ1v) is 7.39. The summed E-state index contributed by atoms with van der Waals surface area (Å²) >= 11 is 0. The molecule has 4 heteroatoms. The molecule has 4 nitrogen and oxygen atoms in total. The van der Waals surface area contributed by atoms with Gasteiger partial charge in [-0.2, -0.15) is 4.98 Å². The van der Waals surface area contributed by atoms with E-state index in [9.17, 15) is 0 Å². The van der Waals surface area contributed by atoms with E-state index in [0.29, 0.717) is 11.8 Å². The van der Waals surface area contributed by atoms with Crippen molar-refractivity contribution in [1.82, 2.24) is 10.1 Å². The van der Waals surface area contributed by atoms with Crippen LogP contribution in [0.15, 0.2) is 34.9 Å². The van der Waals surface area contributed by atoms with Crippen LogP contribution in [0.3, 0.4) is 0 Å². The van der Waals surface area contributed by atoms with Gasteiger partial charge in [0.15, 0.2) is 5.82 Å². The molecule has 106 valence electrons. The fourth-order valence-corrected chi connectivity index (χ4v) is 2.90. The van der Waals surface area contributed by atoms with Crippen LogP contribution in [0.25, 0.3) is 0 Å². The lowest BCUT2D eigenvalue weighted by Gasteiger charge is -2.16. The average Bonchev–Trinajstić information content (AvgIpc) is 3.17. The lowest BCUT2D eigenvalue weighted by molar-refractivity contribution is 0.338. The highest BCUT2D eigenvalue weighted by Gasteiger charge is 2.26. The highest BCUT2D eigenvalue weighted by atomic mass is 16.5. The fraction of sp³-hybridized carbons (Fsp3) is 0.500. The van der Waals surface area contributed by atoms with E-state index in [1.165, 1.54) is 25.7 Å². The number of rotatable bonds is 4. The van der Waals surface area contributed by atoms with Gasteiger partial charge in [-0.05, 0) is 18.4 Å². The Morgan fingerprint density at radius 1 is 1.20 bits per heavy atom. The van der Waals surface area contributed by atoms with Crippen molar-refractivity contribution >= 4 is 0 Å². The second-order valence-electron chi connectivity index (χ2n) is 5.70. The monoisotopic (exact) mass is 271 g/mol. The topological polar surface area (TPSA) is 64.9 Å². The molecule has 1 saturated carbocycles. The second-order valence-corrected chi connectivity index (χ2v) is 5.70.